The van der Waals surface area contributed by atoms with E-state index in [1.165, 1.54) is 30.3 Å². The molecule has 12 nitrogen and oxygen atoms in total. The van der Waals surface area contributed by atoms with Crippen molar-refractivity contribution >= 4 is 33.3 Å². The van der Waals surface area contributed by atoms with E-state index in [1.54, 1.807) is 19.2 Å². The number of benzene rings is 2. The van der Waals surface area contributed by atoms with E-state index in [2.05, 4.69) is 16.0 Å². The van der Waals surface area contributed by atoms with Crippen LogP contribution in [-0.4, -0.2) is 57.0 Å². The van der Waals surface area contributed by atoms with Crippen molar-refractivity contribution in [1.82, 2.24) is 10.6 Å². The third-order valence-electron chi connectivity index (χ3n) is 6.12. The van der Waals surface area contributed by atoms with Crippen LogP contribution < -0.4 is 36.1 Å². The molecule has 198 valence electrons. The standard InChI is InChI=1S/C24H29N5O7S/c1-26-13-21(25)28-22(30)8-5-9-36-20-12-16-15(11-19(20)35-2)24(31)29-17-7-4-3-6-14(17)10-18(29)23(27-16)37(32,33)34/h3-4,6-7,11-13,18,23,26-27H,5,8-10,25H2,1-2H3,(H,28,30)(H,32,33,34)/b21-13+. The summed E-state index contributed by atoms with van der Waals surface area (Å²) in [6.45, 7) is 0.135. The molecule has 2 aliphatic heterocycles. The first-order valence-electron chi connectivity index (χ1n) is 11.6. The van der Waals surface area contributed by atoms with Gasteiger partial charge in [0, 0.05) is 31.4 Å². The molecule has 37 heavy (non-hydrogen) atoms. The summed E-state index contributed by atoms with van der Waals surface area (Å²) in [6, 6.07) is 9.22. The molecule has 2 amide bonds. The smallest absolute Gasteiger partial charge is 0.288 e. The fourth-order valence-corrected chi connectivity index (χ4v) is 5.42. The van der Waals surface area contributed by atoms with E-state index in [0.29, 0.717) is 12.1 Å². The Morgan fingerprint density at radius 2 is 2.05 bits per heavy atom. The van der Waals surface area contributed by atoms with E-state index in [-0.39, 0.29) is 53.9 Å². The molecule has 0 fully saturated rings. The fraction of sp³-hybridized carbons (Fsp3) is 0.333. The highest BCUT2D eigenvalue weighted by Crippen LogP contribution is 2.42. The summed E-state index contributed by atoms with van der Waals surface area (Å²) < 4.78 is 46.1. The van der Waals surface area contributed by atoms with E-state index in [1.807, 2.05) is 12.1 Å². The highest BCUT2D eigenvalue weighted by atomic mass is 32.2. The molecular formula is C24H29N5O7S. The maximum absolute atomic E-state index is 13.7. The van der Waals surface area contributed by atoms with Crippen LogP contribution in [0.1, 0.15) is 28.8 Å². The lowest BCUT2D eigenvalue weighted by Crippen LogP contribution is -2.49. The first-order chi connectivity index (χ1) is 17.6. The van der Waals surface area contributed by atoms with Crippen LogP contribution in [0.15, 0.2) is 48.4 Å². The van der Waals surface area contributed by atoms with E-state index in [0.717, 1.165) is 5.56 Å². The zero-order valence-corrected chi connectivity index (χ0v) is 21.2. The van der Waals surface area contributed by atoms with Gasteiger partial charge in [-0.15, -0.1) is 0 Å². The fourth-order valence-electron chi connectivity index (χ4n) is 4.53. The Morgan fingerprint density at radius 3 is 2.76 bits per heavy atom. The molecule has 2 unspecified atom stereocenters. The topological polar surface area (TPSA) is 172 Å². The normalized spacial score (nSPS) is 18.6. The van der Waals surface area contributed by atoms with Crippen molar-refractivity contribution in [2.75, 3.05) is 31.0 Å². The van der Waals surface area contributed by atoms with Crippen molar-refractivity contribution in [2.24, 2.45) is 5.73 Å². The zero-order chi connectivity index (χ0) is 26.7. The second-order valence-electron chi connectivity index (χ2n) is 8.59. The molecule has 0 aromatic heterocycles. The minimum atomic E-state index is -4.60. The third-order valence-corrected chi connectivity index (χ3v) is 7.20. The predicted molar refractivity (Wildman–Crippen MR) is 137 cm³/mol. The first-order valence-corrected chi connectivity index (χ1v) is 13.1. The number of hydrogen-bond acceptors (Lipinski definition) is 9. The van der Waals surface area contributed by atoms with Crippen LogP contribution in [0.3, 0.4) is 0 Å². The summed E-state index contributed by atoms with van der Waals surface area (Å²) in [4.78, 5) is 27.0. The summed E-state index contributed by atoms with van der Waals surface area (Å²) in [5.41, 5.74) is 7.37. The summed E-state index contributed by atoms with van der Waals surface area (Å²) >= 11 is 0. The number of amides is 2. The van der Waals surface area contributed by atoms with Gasteiger partial charge in [0.1, 0.15) is 5.82 Å². The van der Waals surface area contributed by atoms with E-state index in [9.17, 15) is 22.6 Å². The molecule has 13 heteroatoms. The third kappa shape index (κ3) is 5.42. The van der Waals surface area contributed by atoms with Crippen LogP contribution in [0.5, 0.6) is 11.5 Å². The molecule has 0 radical (unpaired) electrons. The lowest BCUT2D eigenvalue weighted by atomic mass is 10.1. The number of nitrogens with zero attached hydrogens (tertiary/aromatic N) is 1. The van der Waals surface area contributed by atoms with Crippen LogP contribution >= 0.6 is 0 Å². The van der Waals surface area contributed by atoms with Crippen LogP contribution in [0.4, 0.5) is 11.4 Å². The van der Waals surface area contributed by atoms with Crippen molar-refractivity contribution < 1.29 is 32.0 Å². The Kier molecular flexibility index (Phi) is 7.45. The average Bonchev–Trinajstić information content (AvgIpc) is 3.17. The number of rotatable bonds is 9. The maximum atomic E-state index is 13.7. The van der Waals surface area contributed by atoms with Gasteiger partial charge >= 0.3 is 0 Å². The molecule has 2 aromatic carbocycles. The summed E-state index contributed by atoms with van der Waals surface area (Å²) in [6.07, 6.45) is 2.20. The van der Waals surface area contributed by atoms with Crippen molar-refractivity contribution in [2.45, 2.75) is 30.7 Å². The van der Waals surface area contributed by atoms with Crippen LogP contribution in [0, 0.1) is 0 Å². The number of carbonyl (C=O) groups excluding carboxylic acids is 2. The van der Waals surface area contributed by atoms with Gasteiger partial charge in [0.15, 0.2) is 16.9 Å². The SMILES string of the molecule is CN/C=C(\N)NC(=O)CCCOc1cc2c(cc1OC)C(=O)N1c3ccccc3CC1C(S(=O)(=O)O)N2. The van der Waals surface area contributed by atoms with Crippen molar-refractivity contribution in [3.63, 3.8) is 0 Å². The Bertz CT molecular complexity index is 1340. The van der Waals surface area contributed by atoms with Gasteiger partial charge < -0.3 is 36.1 Å². The molecule has 2 aromatic rings. The van der Waals surface area contributed by atoms with Gasteiger partial charge in [-0.1, -0.05) is 18.2 Å². The molecule has 0 bridgehead atoms. The van der Waals surface area contributed by atoms with E-state index >= 15 is 0 Å². The van der Waals surface area contributed by atoms with E-state index < -0.39 is 27.4 Å². The molecule has 2 atom stereocenters. The molecule has 0 saturated carbocycles. The largest absolute Gasteiger partial charge is 0.493 e. The second-order valence-corrected chi connectivity index (χ2v) is 10.1. The number of hydrogen-bond donors (Lipinski definition) is 5. The predicted octanol–water partition coefficient (Wildman–Crippen LogP) is 1.16. The molecule has 0 spiro atoms. The monoisotopic (exact) mass is 531 g/mol. The highest BCUT2D eigenvalue weighted by Gasteiger charge is 2.47. The quantitative estimate of drug-likeness (QED) is 0.233. The number of para-hydroxylation sites is 1. The van der Waals surface area contributed by atoms with Crippen molar-refractivity contribution in [3.8, 4) is 11.5 Å². The van der Waals surface area contributed by atoms with Gasteiger partial charge in [-0.25, -0.2) is 0 Å². The maximum Gasteiger partial charge on any atom is 0.288 e. The zero-order valence-electron chi connectivity index (χ0n) is 20.4. The van der Waals surface area contributed by atoms with Crippen molar-refractivity contribution in [1.29, 1.82) is 0 Å². The number of fused-ring (bicyclic) bond motifs is 4. The summed E-state index contributed by atoms with van der Waals surface area (Å²) in [5, 5.41) is 6.61. The Labute approximate surface area is 214 Å². The second kappa shape index (κ2) is 10.6. The molecule has 4 rings (SSSR count). The highest BCUT2D eigenvalue weighted by molar-refractivity contribution is 7.86. The molecule has 2 heterocycles. The average molecular weight is 532 g/mol. The van der Waals surface area contributed by atoms with Gasteiger partial charge in [-0.2, -0.15) is 8.42 Å². The number of methoxy groups -OCH3 is 1. The number of ether oxygens (including phenoxy) is 2. The number of nitrogens with one attached hydrogen (secondary N) is 3. The summed E-state index contributed by atoms with van der Waals surface area (Å²) in [7, 11) is -1.53. The van der Waals surface area contributed by atoms with Crippen LogP contribution in [0.2, 0.25) is 0 Å². The molecule has 0 saturated heterocycles. The first kappa shape index (κ1) is 26.1. The molecular weight excluding hydrogens is 502 g/mol. The summed E-state index contributed by atoms with van der Waals surface area (Å²) in [5.74, 6) is -0.0296. The van der Waals surface area contributed by atoms with Crippen LogP contribution in [0.25, 0.3) is 0 Å². The Morgan fingerprint density at radius 1 is 1.30 bits per heavy atom. The Hall–Kier alpha value is -3.97. The minimum Gasteiger partial charge on any atom is -0.493 e. The molecule has 6 N–H and O–H groups in total. The minimum absolute atomic E-state index is 0.135. The van der Waals surface area contributed by atoms with Gasteiger partial charge in [0.05, 0.1) is 31.0 Å². The number of nitrogens with two attached hydrogens (primary N) is 1. The number of anilines is 2. The van der Waals surface area contributed by atoms with E-state index in [4.69, 9.17) is 15.2 Å². The van der Waals surface area contributed by atoms with Gasteiger partial charge in [-0.3, -0.25) is 14.1 Å². The van der Waals surface area contributed by atoms with Crippen molar-refractivity contribution in [3.05, 3.63) is 59.5 Å². The van der Waals surface area contributed by atoms with Crippen LogP contribution in [-0.2, 0) is 21.3 Å². The number of carbonyl (C=O) groups is 2. The Balaban J connectivity index is 1.58. The molecule has 0 aliphatic carbocycles. The van der Waals surface area contributed by atoms with Gasteiger partial charge in [0.25, 0.3) is 16.0 Å². The lowest BCUT2D eigenvalue weighted by Gasteiger charge is -2.27. The lowest BCUT2D eigenvalue weighted by molar-refractivity contribution is -0.120. The van der Waals surface area contributed by atoms with Gasteiger partial charge in [-0.05, 0) is 30.5 Å². The molecule has 2 aliphatic rings. The van der Waals surface area contributed by atoms with Gasteiger partial charge in [0.2, 0.25) is 5.91 Å².